The van der Waals surface area contributed by atoms with Crippen LogP contribution in [0.25, 0.3) is 0 Å². The molecule has 0 atom stereocenters. The molecular weight excluding hydrogens is 691 g/mol. The third-order valence-electron chi connectivity index (χ3n) is 7.59. The minimum absolute atomic E-state index is 0.132. The Morgan fingerprint density at radius 3 is 1.02 bits per heavy atom. The number of ketones is 2. The van der Waals surface area contributed by atoms with Gasteiger partial charge in [-0.15, -0.1) is 0 Å². The summed E-state index contributed by atoms with van der Waals surface area (Å²) in [4.78, 5) is 28.0. The lowest BCUT2D eigenvalue weighted by Gasteiger charge is -2.26. The van der Waals surface area contributed by atoms with Crippen molar-refractivity contribution in [2.75, 3.05) is 23.1 Å². The minimum Gasteiger partial charge on any atom is -0.354 e. The topological polar surface area (TPSA) is 126 Å². The molecule has 1 aliphatic carbocycles. The van der Waals surface area contributed by atoms with E-state index in [0.717, 1.165) is 49.6 Å². The molecule has 1 aliphatic rings. The summed E-state index contributed by atoms with van der Waals surface area (Å²) in [5.41, 5.74) is 9.84. The van der Waals surface area contributed by atoms with E-state index in [0.29, 0.717) is 33.6 Å². The Morgan fingerprint density at radius 1 is 0.500 bits per heavy atom. The van der Waals surface area contributed by atoms with Gasteiger partial charge in [-0.25, -0.2) is 16.8 Å². The number of hydrogen-bond donors (Lipinski definition) is 2. The van der Waals surface area contributed by atoms with Crippen LogP contribution in [0.1, 0.15) is 81.8 Å². The van der Waals surface area contributed by atoms with Crippen LogP contribution in [0, 0.1) is 0 Å². The molecule has 0 heterocycles. The molecular formula is C36H40Cl2N2O6S2. The van der Waals surface area contributed by atoms with Crippen LogP contribution in [0.15, 0.2) is 72.8 Å². The molecule has 0 bridgehead atoms. The van der Waals surface area contributed by atoms with E-state index in [2.05, 4.69) is 96.1 Å². The number of halogens is 2. The van der Waals surface area contributed by atoms with Crippen LogP contribution in [-0.2, 0) is 43.8 Å². The summed E-state index contributed by atoms with van der Waals surface area (Å²) in [7, 11) is 2.62. The Hall–Kier alpha value is -3.70. The predicted octanol–water partition coefficient (Wildman–Crippen LogP) is 8.57. The number of nitrogens with one attached hydrogen (secondary N) is 2. The van der Waals surface area contributed by atoms with E-state index in [4.69, 9.17) is 0 Å². The van der Waals surface area contributed by atoms with Gasteiger partial charge in [0.15, 0.2) is 11.6 Å². The minimum atomic E-state index is -3.19. The SMILES string of the molecule is CCc1cccc(CC)c1Nc1ccc(Nc2c(CC)cccc2CC)c2c1C(=O)c1ccccc1C2=O.CS(=O)(=O)Cl.CS(=O)(=O)Cl. The monoisotopic (exact) mass is 730 g/mol. The molecule has 0 radical (unpaired) electrons. The van der Waals surface area contributed by atoms with E-state index in [9.17, 15) is 26.4 Å². The molecule has 5 rings (SSSR count). The molecule has 0 saturated heterocycles. The second kappa shape index (κ2) is 16.6. The summed E-state index contributed by atoms with van der Waals surface area (Å²) >= 11 is 0. The fourth-order valence-electron chi connectivity index (χ4n) is 5.51. The number of fused-ring (bicyclic) bond motifs is 2. The number of carbonyl (C=O) groups excluding carboxylic acids is 2. The number of rotatable bonds is 8. The summed E-state index contributed by atoms with van der Waals surface area (Å²) in [6.45, 7) is 8.52. The lowest BCUT2D eigenvalue weighted by atomic mass is 9.82. The van der Waals surface area contributed by atoms with Crippen LogP contribution in [0.3, 0.4) is 0 Å². The molecule has 0 aliphatic heterocycles. The van der Waals surface area contributed by atoms with Crippen molar-refractivity contribution < 1.29 is 26.4 Å². The number of carbonyl (C=O) groups is 2. The molecule has 0 unspecified atom stereocenters. The van der Waals surface area contributed by atoms with Gasteiger partial charge in [0.1, 0.15) is 0 Å². The Labute approximate surface area is 292 Å². The molecule has 0 spiro atoms. The number of benzene rings is 4. The van der Waals surface area contributed by atoms with Crippen molar-refractivity contribution in [3.05, 3.63) is 117 Å². The predicted molar refractivity (Wildman–Crippen MR) is 198 cm³/mol. The Bertz CT molecular complexity index is 1840. The molecule has 4 aromatic carbocycles. The summed E-state index contributed by atoms with van der Waals surface area (Å²) in [5, 5.41) is 7.18. The molecule has 0 fully saturated rings. The average Bonchev–Trinajstić information content (AvgIpc) is 3.02. The maximum Gasteiger partial charge on any atom is 0.229 e. The van der Waals surface area contributed by atoms with Crippen molar-refractivity contribution in [3.63, 3.8) is 0 Å². The first kappa shape index (κ1) is 38.7. The van der Waals surface area contributed by atoms with Gasteiger partial charge >= 0.3 is 0 Å². The van der Waals surface area contributed by atoms with Crippen LogP contribution in [0.4, 0.5) is 22.7 Å². The van der Waals surface area contributed by atoms with Crippen LogP contribution < -0.4 is 10.6 Å². The highest BCUT2D eigenvalue weighted by Crippen LogP contribution is 2.40. The van der Waals surface area contributed by atoms with Crippen molar-refractivity contribution >= 4 is 73.8 Å². The first-order valence-electron chi connectivity index (χ1n) is 15.4. The van der Waals surface area contributed by atoms with Crippen molar-refractivity contribution in [3.8, 4) is 0 Å². The van der Waals surface area contributed by atoms with Gasteiger partial charge in [-0.2, -0.15) is 0 Å². The largest absolute Gasteiger partial charge is 0.354 e. The van der Waals surface area contributed by atoms with Crippen molar-refractivity contribution in [2.45, 2.75) is 53.4 Å². The van der Waals surface area contributed by atoms with E-state index in [-0.39, 0.29) is 11.6 Å². The van der Waals surface area contributed by atoms with E-state index >= 15 is 0 Å². The van der Waals surface area contributed by atoms with Crippen molar-refractivity contribution in [1.82, 2.24) is 0 Å². The molecule has 256 valence electrons. The standard InChI is InChI=1S/C34H34N2O2.2CH3ClO2S/c1-5-21-13-11-14-22(6-2)31(21)35-27-19-20-28(36-32-23(7-3)15-12-16-24(32)8-4)30-29(27)33(37)25-17-9-10-18-26(25)34(30)38;2*1-5(2,3)4/h9-20,35-36H,5-8H2,1-4H3;2*1H3. The van der Waals surface area contributed by atoms with Gasteiger partial charge in [-0.3, -0.25) is 9.59 Å². The zero-order chi connectivity index (χ0) is 35.8. The summed E-state index contributed by atoms with van der Waals surface area (Å²) < 4.78 is 37.6. The molecule has 0 amide bonds. The molecule has 2 N–H and O–H groups in total. The molecule has 48 heavy (non-hydrogen) atoms. The van der Waals surface area contributed by atoms with Crippen LogP contribution >= 0.6 is 21.4 Å². The summed E-state index contributed by atoms with van der Waals surface area (Å²) in [5.74, 6) is -0.263. The maximum atomic E-state index is 14.0. The highest BCUT2D eigenvalue weighted by atomic mass is 35.7. The first-order valence-corrected chi connectivity index (χ1v) is 20.9. The lowest BCUT2D eigenvalue weighted by Crippen LogP contribution is -2.23. The zero-order valence-electron chi connectivity index (χ0n) is 27.8. The Balaban J connectivity index is 0.000000548. The van der Waals surface area contributed by atoms with Gasteiger partial charge in [-0.1, -0.05) is 88.4 Å². The highest BCUT2D eigenvalue weighted by molar-refractivity contribution is 8.13. The molecule has 12 heteroatoms. The third kappa shape index (κ3) is 10.2. The molecule has 4 aromatic rings. The van der Waals surface area contributed by atoms with E-state index in [1.807, 2.05) is 24.3 Å². The van der Waals surface area contributed by atoms with Gasteiger partial charge in [0.25, 0.3) is 0 Å². The second-order valence-corrected chi connectivity index (χ2v) is 17.1. The Morgan fingerprint density at radius 2 is 0.771 bits per heavy atom. The van der Waals surface area contributed by atoms with Crippen LogP contribution in [0.5, 0.6) is 0 Å². The van der Waals surface area contributed by atoms with E-state index in [1.165, 1.54) is 22.3 Å². The van der Waals surface area contributed by atoms with Gasteiger partial charge < -0.3 is 10.6 Å². The van der Waals surface area contributed by atoms with Crippen molar-refractivity contribution in [2.24, 2.45) is 0 Å². The lowest BCUT2D eigenvalue weighted by molar-refractivity contribution is 0.0980. The van der Waals surface area contributed by atoms with Gasteiger partial charge in [0.05, 0.1) is 35.0 Å². The first-order chi connectivity index (χ1) is 22.5. The maximum absolute atomic E-state index is 14.0. The number of anilines is 4. The van der Waals surface area contributed by atoms with Crippen molar-refractivity contribution in [1.29, 1.82) is 0 Å². The van der Waals surface area contributed by atoms with Gasteiger partial charge in [0, 0.05) is 43.9 Å². The molecule has 0 saturated carbocycles. The fraction of sp³-hybridized carbons (Fsp3) is 0.278. The van der Waals surface area contributed by atoms with E-state index < -0.39 is 18.1 Å². The van der Waals surface area contributed by atoms with Gasteiger partial charge in [0.2, 0.25) is 18.1 Å². The molecule has 0 aromatic heterocycles. The fourth-order valence-corrected chi connectivity index (χ4v) is 5.51. The van der Waals surface area contributed by atoms with E-state index in [1.54, 1.807) is 12.1 Å². The number of para-hydroxylation sites is 2. The number of hydrogen-bond acceptors (Lipinski definition) is 8. The van der Waals surface area contributed by atoms with Crippen LogP contribution in [0.2, 0.25) is 0 Å². The van der Waals surface area contributed by atoms with Gasteiger partial charge in [-0.05, 0) is 60.1 Å². The quantitative estimate of drug-likeness (QED) is 0.152. The smallest absolute Gasteiger partial charge is 0.229 e. The zero-order valence-corrected chi connectivity index (χ0v) is 30.9. The normalized spacial score (nSPS) is 12.1. The third-order valence-corrected chi connectivity index (χ3v) is 7.59. The summed E-state index contributed by atoms with van der Waals surface area (Å²) in [6, 6.07) is 23.6. The highest BCUT2D eigenvalue weighted by Gasteiger charge is 2.34. The Kier molecular flexibility index (Phi) is 13.4. The average molecular weight is 732 g/mol. The number of aryl methyl sites for hydroxylation is 4. The van der Waals surface area contributed by atoms with Crippen LogP contribution in [-0.4, -0.2) is 40.9 Å². The second-order valence-electron chi connectivity index (χ2n) is 11.0. The molecule has 8 nitrogen and oxygen atoms in total. The summed E-state index contributed by atoms with van der Waals surface area (Å²) in [6.07, 6.45) is 5.30.